The molecule has 1 heterocycles. The largest absolute Gasteiger partial charge is 0.490 e. The summed E-state index contributed by atoms with van der Waals surface area (Å²) < 4.78 is 5.84. The van der Waals surface area contributed by atoms with E-state index in [4.69, 9.17) is 4.74 Å². The van der Waals surface area contributed by atoms with Crippen molar-refractivity contribution in [2.24, 2.45) is 0 Å². The normalized spacial score (nSPS) is 11.2. The second kappa shape index (κ2) is 8.60. The summed E-state index contributed by atoms with van der Waals surface area (Å²) in [7, 11) is 0. The molecule has 0 radical (unpaired) electrons. The molecule has 21 heavy (non-hydrogen) atoms. The molecule has 0 unspecified atom stereocenters. The predicted octanol–water partition coefficient (Wildman–Crippen LogP) is 2.54. The average Bonchev–Trinajstić information content (AvgIpc) is 2.54. The van der Waals surface area contributed by atoms with Crippen LogP contribution >= 0.6 is 0 Å². The monoisotopic (exact) mass is 287 g/mol. The molecule has 0 saturated carbocycles. The Hall–Kier alpha value is -1.65. The van der Waals surface area contributed by atoms with Crippen LogP contribution < -0.4 is 10.1 Å². The van der Waals surface area contributed by atoms with Crippen LogP contribution in [0.2, 0.25) is 0 Å². The van der Waals surface area contributed by atoms with E-state index in [1.165, 1.54) is 0 Å². The van der Waals surface area contributed by atoms with Gasteiger partial charge in [0, 0.05) is 31.2 Å². The molecular formula is C17H25N3O. The van der Waals surface area contributed by atoms with E-state index < -0.39 is 0 Å². The van der Waals surface area contributed by atoms with Crippen molar-refractivity contribution in [3.63, 3.8) is 0 Å². The minimum Gasteiger partial charge on any atom is -0.490 e. The van der Waals surface area contributed by atoms with Gasteiger partial charge in [-0.25, -0.2) is 0 Å². The van der Waals surface area contributed by atoms with Gasteiger partial charge in [0.1, 0.15) is 17.9 Å². The smallest absolute Gasteiger partial charge is 0.145 e. The zero-order valence-corrected chi connectivity index (χ0v) is 13.0. The first-order valence-corrected chi connectivity index (χ1v) is 7.74. The van der Waals surface area contributed by atoms with Crippen LogP contribution in [0.3, 0.4) is 0 Å². The van der Waals surface area contributed by atoms with Gasteiger partial charge in [-0.2, -0.15) is 0 Å². The molecule has 0 amide bonds. The van der Waals surface area contributed by atoms with Gasteiger partial charge < -0.3 is 15.0 Å². The summed E-state index contributed by atoms with van der Waals surface area (Å²) in [6.07, 6.45) is 1.80. The van der Waals surface area contributed by atoms with Crippen LogP contribution in [0.5, 0.6) is 5.75 Å². The third-order valence-corrected chi connectivity index (χ3v) is 3.63. The molecule has 0 aliphatic heterocycles. The molecule has 0 spiro atoms. The van der Waals surface area contributed by atoms with Crippen LogP contribution in [0.15, 0.2) is 36.5 Å². The first-order valence-electron chi connectivity index (χ1n) is 7.74. The van der Waals surface area contributed by atoms with Crippen molar-refractivity contribution in [3.05, 3.63) is 36.5 Å². The number of rotatable bonds is 9. The third kappa shape index (κ3) is 4.69. The van der Waals surface area contributed by atoms with Gasteiger partial charge in [-0.15, -0.1) is 0 Å². The third-order valence-electron chi connectivity index (χ3n) is 3.63. The maximum Gasteiger partial charge on any atom is 0.145 e. The van der Waals surface area contributed by atoms with Gasteiger partial charge in [0.05, 0.1) is 0 Å². The molecule has 0 aliphatic rings. The van der Waals surface area contributed by atoms with Gasteiger partial charge in [0.2, 0.25) is 0 Å². The van der Waals surface area contributed by atoms with E-state index in [9.17, 15) is 0 Å². The summed E-state index contributed by atoms with van der Waals surface area (Å²) in [6.45, 7) is 10.2. The number of likely N-dealkylation sites (N-methyl/N-ethyl adjacent to an activating group) is 1. The Morgan fingerprint density at radius 3 is 2.71 bits per heavy atom. The van der Waals surface area contributed by atoms with E-state index >= 15 is 0 Å². The number of nitrogens with one attached hydrogen (secondary N) is 1. The average molecular weight is 287 g/mol. The minimum atomic E-state index is 0.661. The standard InChI is InChI=1S/C17H25N3O/c1-3-20(4-2)13-11-18-12-14-21-16-9-5-7-15-8-6-10-19-17(15)16/h5-10,18H,3-4,11-14H2,1-2H3. The quantitative estimate of drug-likeness (QED) is 0.719. The number of ether oxygens (including phenoxy) is 1. The molecule has 1 aromatic heterocycles. The van der Waals surface area contributed by atoms with Crippen molar-refractivity contribution in [1.82, 2.24) is 15.2 Å². The lowest BCUT2D eigenvalue weighted by Gasteiger charge is -2.18. The molecule has 0 atom stereocenters. The lowest BCUT2D eigenvalue weighted by atomic mass is 10.2. The van der Waals surface area contributed by atoms with Gasteiger partial charge in [0.15, 0.2) is 0 Å². The molecule has 0 saturated heterocycles. The molecule has 1 aromatic carbocycles. The highest BCUT2D eigenvalue weighted by Crippen LogP contribution is 2.22. The summed E-state index contributed by atoms with van der Waals surface area (Å²) in [5, 5.41) is 4.53. The number of para-hydroxylation sites is 1. The molecule has 114 valence electrons. The van der Waals surface area contributed by atoms with Crippen LogP contribution in [0.1, 0.15) is 13.8 Å². The van der Waals surface area contributed by atoms with Crippen molar-refractivity contribution >= 4 is 10.9 Å². The van der Waals surface area contributed by atoms with E-state index in [1.54, 1.807) is 6.20 Å². The van der Waals surface area contributed by atoms with Gasteiger partial charge in [-0.1, -0.05) is 32.0 Å². The molecule has 2 rings (SSSR count). The van der Waals surface area contributed by atoms with Crippen LogP contribution in [0.25, 0.3) is 10.9 Å². The molecule has 0 aliphatic carbocycles. The lowest BCUT2D eigenvalue weighted by molar-refractivity contribution is 0.286. The van der Waals surface area contributed by atoms with Gasteiger partial charge in [-0.05, 0) is 25.2 Å². The van der Waals surface area contributed by atoms with Gasteiger partial charge in [-0.3, -0.25) is 4.98 Å². The number of aromatic nitrogens is 1. The van der Waals surface area contributed by atoms with Crippen molar-refractivity contribution in [3.8, 4) is 5.75 Å². The zero-order valence-electron chi connectivity index (χ0n) is 13.0. The number of pyridine rings is 1. The Morgan fingerprint density at radius 1 is 1.10 bits per heavy atom. The molecule has 2 aromatic rings. The summed E-state index contributed by atoms with van der Waals surface area (Å²) in [4.78, 5) is 6.79. The topological polar surface area (TPSA) is 37.4 Å². The molecule has 0 fully saturated rings. The SMILES string of the molecule is CCN(CC)CCNCCOc1cccc2cccnc12. The van der Waals surface area contributed by atoms with E-state index in [2.05, 4.69) is 41.2 Å². The van der Waals surface area contributed by atoms with E-state index in [-0.39, 0.29) is 0 Å². The van der Waals surface area contributed by atoms with Crippen LogP contribution in [0, 0.1) is 0 Å². The fourth-order valence-corrected chi connectivity index (χ4v) is 2.33. The molecule has 0 bridgehead atoms. The second-order valence-electron chi connectivity index (χ2n) is 4.96. The first kappa shape index (κ1) is 15.7. The Bertz CT molecular complexity index is 535. The Labute approximate surface area is 127 Å². The maximum absolute atomic E-state index is 5.84. The first-order chi connectivity index (χ1) is 10.3. The number of hydrogen-bond donors (Lipinski definition) is 1. The maximum atomic E-state index is 5.84. The van der Waals surface area contributed by atoms with Crippen LogP contribution in [-0.2, 0) is 0 Å². The van der Waals surface area contributed by atoms with E-state index in [0.29, 0.717) is 6.61 Å². The van der Waals surface area contributed by atoms with Gasteiger partial charge >= 0.3 is 0 Å². The molecule has 4 nitrogen and oxygen atoms in total. The highest BCUT2D eigenvalue weighted by atomic mass is 16.5. The second-order valence-corrected chi connectivity index (χ2v) is 4.96. The fourth-order valence-electron chi connectivity index (χ4n) is 2.33. The highest BCUT2D eigenvalue weighted by molar-refractivity contribution is 5.84. The van der Waals surface area contributed by atoms with Crippen LogP contribution in [-0.4, -0.2) is 49.2 Å². The molecular weight excluding hydrogens is 262 g/mol. The minimum absolute atomic E-state index is 0.661. The van der Waals surface area contributed by atoms with Crippen LogP contribution in [0.4, 0.5) is 0 Å². The Kier molecular flexibility index (Phi) is 6.44. The zero-order chi connectivity index (χ0) is 14.9. The summed E-state index contributed by atoms with van der Waals surface area (Å²) >= 11 is 0. The fraction of sp³-hybridized carbons (Fsp3) is 0.471. The van der Waals surface area contributed by atoms with Crippen molar-refractivity contribution in [2.45, 2.75) is 13.8 Å². The Morgan fingerprint density at radius 2 is 1.90 bits per heavy atom. The number of fused-ring (bicyclic) bond motifs is 1. The molecule has 4 heteroatoms. The van der Waals surface area contributed by atoms with Gasteiger partial charge in [0.25, 0.3) is 0 Å². The molecule has 1 N–H and O–H groups in total. The van der Waals surface area contributed by atoms with Crippen molar-refractivity contribution < 1.29 is 4.74 Å². The predicted molar refractivity (Wildman–Crippen MR) is 87.9 cm³/mol. The van der Waals surface area contributed by atoms with E-state index in [0.717, 1.165) is 49.4 Å². The Balaban J connectivity index is 1.73. The van der Waals surface area contributed by atoms with E-state index in [1.807, 2.05) is 18.2 Å². The van der Waals surface area contributed by atoms with Crippen molar-refractivity contribution in [2.75, 3.05) is 39.3 Å². The summed E-state index contributed by atoms with van der Waals surface area (Å²) in [6, 6.07) is 10.0. The number of nitrogens with zero attached hydrogens (tertiary/aromatic N) is 2. The number of benzene rings is 1. The summed E-state index contributed by atoms with van der Waals surface area (Å²) in [5.74, 6) is 0.860. The summed E-state index contributed by atoms with van der Waals surface area (Å²) in [5.41, 5.74) is 0.933. The lowest BCUT2D eigenvalue weighted by Crippen LogP contribution is -2.33. The van der Waals surface area contributed by atoms with Crippen molar-refractivity contribution in [1.29, 1.82) is 0 Å². The number of hydrogen-bond acceptors (Lipinski definition) is 4. The highest BCUT2D eigenvalue weighted by Gasteiger charge is 2.02.